The van der Waals surface area contributed by atoms with E-state index < -0.39 is 11.4 Å². The van der Waals surface area contributed by atoms with Gasteiger partial charge in [0.1, 0.15) is 0 Å². The van der Waals surface area contributed by atoms with Gasteiger partial charge in [0.25, 0.3) is 0 Å². The predicted molar refractivity (Wildman–Crippen MR) is 42.9 cm³/mol. The highest BCUT2D eigenvalue weighted by molar-refractivity contribution is 5.75. The lowest BCUT2D eigenvalue weighted by atomic mass is 9.93. The first-order valence-corrected chi connectivity index (χ1v) is 3.50. The molecule has 0 aromatic carbocycles. The zero-order chi connectivity index (χ0) is 9.07. The fourth-order valence-corrected chi connectivity index (χ4v) is 0.788. The summed E-state index contributed by atoms with van der Waals surface area (Å²) in [5.74, 6) is -0.404. The van der Waals surface area contributed by atoms with Crippen LogP contribution < -0.4 is 11.5 Å². The Bertz CT molecular complexity index is 145. The summed E-state index contributed by atoms with van der Waals surface area (Å²) < 4.78 is 4.98. The Hall–Kier alpha value is -0.610. The molecule has 0 bridgehead atoms. The molecule has 0 spiro atoms. The fourth-order valence-electron chi connectivity index (χ4n) is 0.788. The molecule has 0 aliphatic carbocycles. The van der Waals surface area contributed by atoms with Gasteiger partial charge in [-0.15, -0.1) is 0 Å². The van der Waals surface area contributed by atoms with Crippen molar-refractivity contribution in [1.82, 2.24) is 0 Å². The van der Waals surface area contributed by atoms with Gasteiger partial charge in [-0.05, 0) is 13.8 Å². The molecule has 0 aromatic rings. The highest BCUT2D eigenvalue weighted by Crippen LogP contribution is 2.12. The van der Waals surface area contributed by atoms with Crippen LogP contribution in [0.1, 0.15) is 20.3 Å². The number of primary amides is 1. The topological polar surface area (TPSA) is 78.3 Å². The number of hydrogen-bond donors (Lipinski definition) is 2. The molecule has 4 N–H and O–H groups in total. The molecular formula is C7H16N2O2. The summed E-state index contributed by atoms with van der Waals surface area (Å²) in [4.78, 5) is 10.5. The van der Waals surface area contributed by atoms with Crippen molar-refractivity contribution in [2.75, 3.05) is 7.11 Å². The van der Waals surface area contributed by atoms with E-state index in [1.807, 2.05) is 6.92 Å². The molecule has 2 atom stereocenters. The Morgan fingerprint density at radius 1 is 1.73 bits per heavy atom. The van der Waals surface area contributed by atoms with Gasteiger partial charge in [0.2, 0.25) is 5.91 Å². The Labute approximate surface area is 66.9 Å². The lowest BCUT2D eigenvalue weighted by molar-refractivity contribution is -0.120. The number of carbonyl (C=O) groups excluding carboxylic acids is 1. The fraction of sp³-hybridized carbons (Fsp3) is 0.857. The number of rotatable bonds is 4. The second-order valence-corrected chi connectivity index (χ2v) is 3.03. The van der Waals surface area contributed by atoms with E-state index in [-0.39, 0.29) is 12.5 Å². The number of methoxy groups -OCH3 is 1. The third-order valence-corrected chi connectivity index (χ3v) is 1.84. The third-order valence-electron chi connectivity index (χ3n) is 1.84. The molecule has 0 aromatic heterocycles. The summed E-state index contributed by atoms with van der Waals surface area (Å²) in [6.45, 7) is 3.55. The molecule has 0 fully saturated rings. The van der Waals surface area contributed by atoms with Gasteiger partial charge in [-0.2, -0.15) is 0 Å². The normalized spacial score (nSPS) is 18.9. The van der Waals surface area contributed by atoms with Gasteiger partial charge >= 0.3 is 0 Å². The van der Waals surface area contributed by atoms with Gasteiger partial charge in [0.15, 0.2) is 0 Å². The molecule has 0 rings (SSSR count). The van der Waals surface area contributed by atoms with Gasteiger partial charge in [0, 0.05) is 19.1 Å². The summed E-state index contributed by atoms with van der Waals surface area (Å²) in [6.07, 6.45) is -0.0304. The van der Waals surface area contributed by atoms with Crippen LogP contribution in [0.5, 0.6) is 0 Å². The van der Waals surface area contributed by atoms with Crippen molar-refractivity contribution >= 4 is 5.91 Å². The van der Waals surface area contributed by atoms with E-state index in [2.05, 4.69) is 0 Å². The predicted octanol–water partition coefficient (Wildman–Crippen LogP) is -0.386. The molecule has 0 aliphatic heterocycles. The molecule has 4 nitrogen and oxygen atoms in total. The second kappa shape index (κ2) is 3.69. The molecular weight excluding hydrogens is 144 g/mol. The van der Waals surface area contributed by atoms with Crippen molar-refractivity contribution < 1.29 is 9.53 Å². The van der Waals surface area contributed by atoms with Crippen molar-refractivity contribution in [2.45, 2.75) is 31.9 Å². The first-order chi connectivity index (χ1) is 4.90. The molecule has 2 unspecified atom stereocenters. The van der Waals surface area contributed by atoms with Crippen molar-refractivity contribution in [2.24, 2.45) is 11.5 Å². The van der Waals surface area contributed by atoms with Gasteiger partial charge in [-0.25, -0.2) is 0 Å². The van der Waals surface area contributed by atoms with Crippen molar-refractivity contribution in [1.29, 1.82) is 0 Å². The van der Waals surface area contributed by atoms with Crippen molar-refractivity contribution in [3.05, 3.63) is 0 Å². The number of nitrogens with two attached hydrogens (primary N) is 2. The van der Waals surface area contributed by atoms with Gasteiger partial charge in [0.05, 0.1) is 6.10 Å². The average molecular weight is 160 g/mol. The smallest absolute Gasteiger partial charge is 0.219 e. The van der Waals surface area contributed by atoms with Gasteiger partial charge in [-0.1, -0.05) is 0 Å². The summed E-state index contributed by atoms with van der Waals surface area (Å²) in [6, 6.07) is 0. The summed E-state index contributed by atoms with van der Waals surface area (Å²) in [5, 5.41) is 0. The minimum Gasteiger partial charge on any atom is -0.380 e. The number of ether oxygens (including phenoxy) is 1. The molecule has 0 heterocycles. The zero-order valence-corrected chi connectivity index (χ0v) is 7.26. The monoisotopic (exact) mass is 160 g/mol. The van der Waals surface area contributed by atoms with Crippen LogP contribution in [0.25, 0.3) is 0 Å². The molecule has 0 saturated heterocycles. The van der Waals surface area contributed by atoms with Crippen LogP contribution in [0, 0.1) is 0 Å². The average Bonchev–Trinajstić information content (AvgIpc) is 1.83. The maximum Gasteiger partial charge on any atom is 0.219 e. The van der Waals surface area contributed by atoms with Crippen LogP contribution in [0.4, 0.5) is 0 Å². The Morgan fingerprint density at radius 3 is 2.45 bits per heavy atom. The van der Waals surface area contributed by atoms with Gasteiger partial charge in [-0.3, -0.25) is 4.79 Å². The summed E-state index contributed by atoms with van der Waals surface area (Å²) in [5.41, 5.74) is 10.1. The van der Waals surface area contributed by atoms with E-state index >= 15 is 0 Å². The molecule has 0 radical (unpaired) electrons. The molecule has 0 saturated carbocycles. The number of hydrogen-bond acceptors (Lipinski definition) is 3. The molecule has 0 aliphatic rings. The van der Waals surface area contributed by atoms with E-state index in [1.54, 1.807) is 14.0 Å². The summed E-state index contributed by atoms with van der Waals surface area (Å²) >= 11 is 0. The Balaban J connectivity index is 4.08. The minimum atomic E-state index is -0.666. The highest BCUT2D eigenvalue weighted by Gasteiger charge is 2.28. The van der Waals surface area contributed by atoms with Crippen LogP contribution in [-0.4, -0.2) is 24.7 Å². The molecule has 66 valence electrons. The first kappa shape index (κ1) is 10.4. The Kier molecular flexibility index (Phi) is 3.48. The Morgan fingerprint density at radius 2 is 2.18 bits per heavy atom. The van der Waals surface area contributed by atoms with Crippen LogP contribution >= 0.6 is 0 Å². The highest BCUT2D eigenvalue weighted by atomic mass is 16.5. The molecule has 11 heavy (non-hydrogen) atoms. The quantitative estimate of drug-likeness (QED) is 0.588. The number of amides is 1. The van der Waals surface area contributed by atoms with Crippen LogP contribution in [0.3, 0.4) is 0 Å². The van der Waals surface area contributed by atoms with Crippen LogP contribution in [-0.2, 0) is 9.53 Å². The SMILES string of the molecule is COC(C)C(C)(N)CC(N)=O. The van der Waals surface area contributed by atoms with E-state index in [1.165, 1.54) is 0 Å². The van der Waals surface area contributed by atoms with Crippen molar-refractivity contribution in [3.63, 3.8) is 0 Å². The largest absolute Gasteiger partial charge is 0.380 e. The van der Waals surface area contributed by atoms with Crippen molar-refractivity contribution in [3.8, 4) is 0 Å². The van der Waals surface area contributed by atoms with E-state index in [0.29, 0.717) is 0 Å². The second-order valence-electron chi connectivity index (χ2n) is 3.03. The lowest BCUT2D eigenvalue weighted by Gasteiger charge is -2.28. The van der Waals surface area contributed by atoms with E-state index in [0.717, 1.165) is 0 Å². The van der Waals surface area contributed by atoms with Gasteiger partial charge < -0.3 is 16.2 Å². The number of carbonyl (C=O) groups is 1. The van der Waals surface area contributed by atoms with E-state index in [4.69, 9.17) is 16.2 Å². The lowest BCUT2D eigenvalue weighted by Crippen LogP contribution is -2.50. The first-order valence-electron chi connectivity index (χ1n) is 3.50. The standard InChI is InChI=1S/C7H16N2O2/c1-5(11-3)7(2,9)4-6(8)10/h5H,4,9H2,1-3H3,(H2,8,10). The molecule has 1 amide bonds. The maximum absolute atomic E-state index is 10.5. The van der Waals surface area contributed by atoms with E-state index in [9.17, 15) is 4.79 Å². The van der Waals surface area contributed by atoms with Crippen LogP contribution in [0.15, 0.2) is 0 Å². The third kappa shape index (κ3) is 3.34. The van der Waals surface area contributed by atoms with Crippen LogP contribution in [0.2, 0.25) is 0 Å². The minimum absolute atomic E-state index is 0.141. The molecule has 4 heteroatoms. The zero-order valence-electron chi connectivity index (χ0n) is 7.26. The summed E-state index contributed by atoms with van der Waals surface area (Å²) in [7, 11) is 1.55. The maximum atomic E-state index is 10.5.